The van der Waals surface area contributed by atoms with E-state index in [0.717, 1.165) is 10.0 Å². The number of halogens is 1. The fourth-order valence-electron chi connectivity index (χ4n) is 0.899. The number of nitrogens with one attached hydrogen (secondary N) is 1. The van der Waals surface area contributed by atoms with Crippen LogP contribution in [0, 0.1) is 6.92 Å². The van der Waals surface area contributed by atoms with E-state index < -0.39 is 5.91 Å². The summed E-state index contributed by atoms with van der Waals surface area (Å²) in [6, 6.07) is 5.29. The highest BCUT2D eigenvalue weighted by molar-refractivity contribution is 9.10. The zero-order valence-electron chi connectivity index (χ0n) is 6.47. The van der Waals surface area contributed by atoms with Gasteiger partial charge >= 0.3 is 0 Å². The van der Waals surface area contributed by atoms with Crippen LogP contribution in [0.1, 0.15) is 15.9 Å². The molecule has 1 amide bonds. The van der Waals surface area contributed by atoms with E-state index in [4.69, 9.17) is 5.21 Å². The topological polar surface area (TPSA) is 49.3 Å². The smallest absolute Gasteiger partial charge is 0.274 e. The Labute approximate surface area is 78.5 Å². The van der Waals surface area contributed by atoms with E-state index >= 15 is 0 Å². The first-order valence-corrected chi connectivity index (χ1v) is 4.15. The summed E-state index contributed by atoms with van der Waals surface area (Å²) in [6.07, 6.45) is 0. The van der Waals surface area contributed by atoms with Crippen molar-refractivity contribution in [2.24, 2.45) is 0 Å². The Morgan fingerprint density at radius 2 is 2.25 bits per heavy atom. The Hall–Kier alpha value is -0.870. The summed E-state index contributed by atoms with van der Waals surface area (Å²) in [5, 5.41) is 8.39. The van der Waals surface area contributed by atoms with Crippen LogP contribution in [-0.2, 0) is 0 Å². The van der Waals surface area contributed by atoms with Crippen LogP contribution in [0.4, 0.5) is 0 Å². The van der Waals surface area contributed by atoms with Crippen LogP contribution >= 0.6 is 15.9 Å². The summed E-state index contributed by atoms with van der Waals surface area (Å²) in [5.41, 5.74) is 2.88. The van der Waals surface area contributed by atoms with Gasteiger partial charge in [-0.3, -0.25) is 10.0 Å². The number of benzene rings is 1. The average Bonchev–Trinajstić information content (AvgIpc) is 2.08. The first kappa shape index (κ1) is 9.22. The molecule has 0 heterocycles. The van der Waals surface area contributed by atoms with Crippen molar-refractivity contribution in [2.45, 2.75) is 6.92 Å². The molecule has 0 atom stereocenters. The highest BCUT2D eigenvalue weighted by atomic mass is 79.9. The Morgan fingerprint density at radius 3 is 2.83 bits per heavy atom. The molecule has 0 saturated heterocycles. The Bertz CT molecular complexity index is 312. The normalized spacial score (nSPS) is 9.58. The minimum atomic E-state index is -0.492. The van der Waals surface area contributed by atoms with Crippen molar-refractivity contribution in [1.82, 2.24) is 5.48 Å². The van der Waals surface area contributed by atoms with Crippen LogP contribution in [0.5, 0.6) is 0 Å². The third-order valence-electron chi connectivity index (χ3n) is 1.55. The van der Waals surface area contributed by atoms with Gasteiger partial charge in [-0.05, 0) is 24.6 Å². The summed E-state index contributed by atoms with van der Waals surface area (Å²) in [4.78, 5) is 11.0. The molecule has 0 radical (unpaired) electrons. The number of aryl methyl sites for hydroxylation is 1. The lowest BCUT2D eigenvalue weighted by atomic mass is 10.1. The lowest BCUT2D eigenvalue weighted by Crippen LogP contribution is -2.19. The van der Waals surface area contributed by atoms with Gasteiger partial charge in [-0.25, -0.2) is 5.48 Å². The van der Waals surface area contributed by atoms with E-state index in [1.54, 1.807) is 24.5 Å². The van der Waals surface area contributed by atoms with E-state index in [1.165, 1.54) is 0 Å². The lowest BCUT2D eigenvalue weighted by molar-refractivity contribution is 0.0705. The number of hydroxylamine groups is 1. The van der Waals surface area contributed by atoms with Crippen molar-refractivity contribution in [3.05, 3.63) is 33.8 Å². The van der Waals surface area contributed by atoms with Crippen molar-refractivity contribution in [3.63, 3.8) is 0 Å². The van der Waals surface area contributed by atoms with Gasteiger partial charge < -0.3 is 0 Å². The van der Waals surface area contributed by atoms with Gasteiger partial charge in [0.2, 0.25) is 0 Å². The molecule has 1 rings (SSSR count). The first-order chi connectivity index (χ1) is 5.65. The zero-order chi connectivity index (χ0) is 9.14. The fourth-order valence-corrected chi connectivity index (χ4v) is 1.26. The van der Waals surface area contributed by atoms with E-state index in [9.17, 15) is 4.79 Å². The number of hydrogen-bond acceptors (Lipinski definition) is 2. The number of rotatable bonds is 1. The van der Waals surface area contributed by atoms with Gasteiger partial charge in [0.05, 0.1) is 0 Å². The van der Waals surface area contributed by atoms with Gasteiger partial charge in [0.25, 0.3) is 5.91 Å². The van der Waals surface area contributed by atoms with E-state index in [0.29, 0.717) is 5.56 Å². The Morgan fingerprint density at radius 1 is 1.58 bits per heavy atom. The van der Waals surface area contributed by atoms with Crippen molar-refractivity contribution >= 4 is 21.8 Å². The van der Waals surface area contributed by atoms with Gasteiger partial charge in [0.1, 0.15) is 0 Å². The summed E-state index contributed by atoms with van der Waals surface area (Å²) in [7, 11) is 0. The molecule has 4 heteroatoms. The molecule has 0 aromatic heterocycles. The molecule has 64 valence electrons. The minimum Gasteiger partial charge on any atom is -0.288 e. The highest BCUT2D eigenvalue weighted by Gasteiger charge is 2.07. The lowest BCUT2D eigenvalue weighted by Gasteiger charge is -2.02. The van der Waals surface area contributed by atoms with Crippen molar-refractivity contribution < 1.29 is 10.0 Å². The summed E-state index contributed by atoms with van der Waals surface area (Å²) in [5.74, 6) is -0.492. The molecule has 0 aliphatic rings. The van der Waals surface area contributed by atoms with Crippen molar-refractivity contribution in [3.8, 4) is 0 Å². The van der Waals surface area contributed by atoms with Gasteiger partial charge in [-0.15, -0.1) is 0 Å². The molecule has 0 aliphatic carbocycles. The monoisotopic (exact) mass is 229 g/mol. The summed E-state index contributed by atoms with van der Waals surface area (Å²) in [6.45, 7) is 1.80. The number of carbonyl (C=O) groups is 1. The van der Waals surface area contributed by atoms with Crippen LogP contribution in [0.2, 0.25) is 0 Å². The molecule has 0 bridgehead atoms. The molecule has 0 spiro atoms. The summed E-state index contributed by atoms with van der Waals surface area (Å²) >= 11 is 3.23. The highest BCUT2D eigenvalue weighted by Crippen LogP contribution is 2.15. The summed E-state index contributed by atoms with van der Waals surface area (Å²) < 4.78 is 0.812. The fraction of sp³-hybridized carbons (Fsp3) is 0.125. The quantitative estimate of drug-likeness (QED) is 0.571. The third-order valence-corrected chi connectivity index (χ3v) is 2.04. The van der Waals surface area contributed by atoms with E-state index in [-0.39, 0.29) is 0 Å². The minimum absolute atomic E-state index is 0.465. The molecular formula is C8H8BrNO2. The molecule has 2 N–H and O–H groups in total. The molecule has 1 aromatic carbocycles. The van der Waals surface area contributed by atoms with Crippen LogP contribution in [0.25, 0.3) is 0 Å². The number of hydrogen-bond donors (Lipinski definition) is 2. The maximum atomic E-state index is 11.0. The molecule has 0 fully saturated rings. The maximum Gasteiger partial charge on any atom is 0.274 e. The molecule has 0 saturated carbocycles. The molecule has 1 aromatic rings. The molecular weight excluding hydrogens is 222 g/mol. The van der Waals surface area contributed by atoms with Crippen molar-refractivity contribution in [2.75, 3.05) is 0 Å². The molecule has 3 nitrogen and oxygen atoms in total. The average molecular weight is 230 g/mol. The van der Waals surface area contributed by atoms with Crippen LogP contribution in [0.15, 0.2) is 22.7 Å². The molecule has 0 unspecified atom stereocenters. The van der Waals surface area contributed by atoms with E-state index in [2.05, 4.69) is 15.9 Å². The second-order valence-electron chi connectivity index (χ2n) is 2.40. The van der Waals surface area contributed by atoms with Crippen LogP contribution in [-0.4, -0.2) is 11.1 Å². The van der Waals surface area contributed by atoms with Gasteiger partial charge in [-0.2, -0.15) is 0 Å². The van der Waals surface area contributed by atoms with Crippen LogP contribution in [0.3, 0.4) is 0 Å². The standard InChI is InChI=1S/C8H8BrNO2/c1-5-2-3-6(9)4-7(5)8(11)10-12/h2-4,12H,1H3,(H,10,11). The Kier molecular flexibility index (Phi) is 2.83. The van der Waals surface area contributed by atoms with Gasteiger partial charge in [0, 0.05) is 10.0 Å². The SMILES string of the molecule is Cc1ccc(Br)cc1C(=O)NO. The molecule has 0 aliphatic heterocycles. The predicted molar refractivity (Wildman–Crippen MR) is 48.1 cm³/mol. The predicted octanol–water partition coefficient (Wildman–Crippen LogP) is 1.88. The third kappa shape index (κ3) is 1.84. The molecule has 12 heavy (non-hydrogen) atoms. The van der Waals surface area contributed by atoms with Crippen LogP contribution < -0.4 is 5.48 Å². The first-order valence-electron chi connectivity index (χ1n) is 3.35. The number of carbonyl (C=O) groups excluding carboxylic acids is 1. The Balaban J connectivity index is 3.13. The number of amides is 1. The second kappa shape index (κ2) is 3.69. The van der Waals surface area contributed by atoms with E-state index in [1.807, 2.05) is 6.07 Å². The maximum absolute atomic E-state index is 11.0. The van der Waals surface area contributed by atoms with Gasteiger partial charge in [0.15, 0.2) is 0 Å². The largest absolute Gasteiger partial charge is 0.288 e. The second-order valence-corrected chi connectivity index (χ2v) is 3.32. The van der Waals surface area contributed by atoms with Crippen molar-refractivity contribution in [1.29, 1.82) is 0 Å². The van der Waals surface area contributed by atoms with Gasteiger partial charge in [-0.1, -0.05) is 22.0 Å². The zero-order valence-corrected chi connectivity index (χ0v) is 8.05.